The normalized spacial score (nSPS) is 19.9. The monoisotopic (exact) mass is 315 g/mol. The molecule has 1 aliphatic heterocycles. The molecule has 2 heterocycles. The van der Waals surface area contributed by atoms with E-state index in [-0.39, 0.29) is 0 Å². The Hall–Kier alpha value is -0.290. The van der Waals surface area contributed by atoms with Crippen LogP contribution in [-0.4, -0.2) is 34.6 Å². The van der Waals surface area contributed by atoms with Gasteiger partial charge in [-0.25, -0.2) is 9.97 Å². The van der Waals surface area contributed by atoms with E-state index in [4.69, 9.17) is 0 Å². The molecule has 1 fully saturated rings. The third-order valence-corrected chi connectivity index (χ3v) is 4.58. The summed E-state index contributed by atoms with van der Waals surface area (Å²) in [5, 5.41) is 0. The molecule has 1 aromatic heterocycles. The number of aromatic nitrogens is 2. The molecular weight excluding hydrogens is 298 g/mol. The van der Waals surface area contributed by atoms with Gasteiger partial charge < -0.3 is 4.90 Å². The topological polar surface area (TPSA) is 29.0 Å². The molecule has 5 heteroatoms. The summed E-state index contributed by atoms with van der Waals surface area (Å²) < 4.78 is 0.878. The van der Waals surface area contributed by atoms with Crippen molar-refractivity contribution in [2.24, 2.45) is 0 Å². The van der Waals surface area contributed by atoms with Gasteiger partial charge in [0, 0.05) is 30.8 Å². The third-order valence-electron chi connectivity index (χ3n) is 3.03. The summed E-state index contributed by atoms with van der Waals surface area (Å²) in [6.07, 6.45) is 1.25. The molecule has 1 saturated heterocycles. The van der Waals surface area contributed by atoms with Gasteiger partial charge >= 0.3 is 0 Å². The lowest BCUT2D eigenvalue weighted by Crippen LogP contribution is -2.32. The molecule has 1 unspecified atom stereocenters. The van der Waals surface area contributed by atoms with Gasteiger partial charge in [0.15, 0.2) is 0 Å². The highest BCUT2D eigenvalue weighted by molar-refractivity contribution is 9.10. The molecule has 0 spiro atoms. The molecule has 0 aromatic carbocycles. The zero-order valence-corrected chi connectivity index (χ0v) is 12.9. The Bertz CT molecular complexity index is 391. The summed E-state index contributed by atoms with van der Waals surface area (Å²) >= 11 is 5.50. The van der Waals surface area contributed by atoms with Crippen molar-refractivity contribution in [1.29, 1.82) is 0 Å². The minimum Gasteiger partial charge on any atom is -0.356 e. The van der Waals surface area contributed by atoms with Gasteiger partial charge in [-0.1, -0.05) is 13.8 Å². The van der Waals surface area contributed by atoms with Gasteiger partial charge in [-0.05, 0) is 28.1 Å². The van der Waals surface area contributed by atoms with Gasteiger partial charge in [0.2, 0.25) is 0 Å². The molecule has 1 atom stereocenters. The van der Waals surface area contributed by atoms with E-state index in [0.29, 0.717) is 12.0 Å². The lowest BCUT2D eigenvalue weighted by atomic mass is 10.2. The van der Waals surface area contributed by atoms with Crippen molar-refractivity contribution >= 4 is 33.5 Å². The highest BCUT2D eigenvalue weighted by Gasteiger charge is 2.22. The van der Waals surface area contributed by atoms with E-state index in [1.165, 1.54) is 17.9 Å². The van der Waals surface area contributed by atoms with Crippen LogP contribution >= 0.6 is 27.7 Å². The molecule has 0 saturated carbocycles. The second-order valence-electron chi connectivity index (χ2n) is 4.69. The van der Waals surface area contributed by atoms with Crippen molar-refractivity contribution < 1.29 is 0 Å². The van der Waals surface area contributed by atoms with Crippen LogP contribution in [-0.2, 0) is 0 Å². The lowest BCUT2D eigenvalue weighted by Gasteiger charge is -2.25. The van der Waals surface area contributed by atoms with Crippen LogP contribution in [0, 0.1) is 0 Å². The number of nitrogens with zero attached hydrogens (tertiary/aromatic N) is 3. The Kier molecular flexibility index (Phi) is 4.31. The maximum atomic E-state index is 4.65. The van der Waals surface area contributed by atoms with Crippen LogP contribution in [0.5, 0.6) is 0 Å². The average molecular weight is 316 g/mol. The van der Waals surface area contributed by atoms with Crippen molar-refractivity contribution in [3.63, 3.8) is 0 Å². The van der Waals surface area contributed by atoms with Crippen molar-refractivity contribution in [3.05, 3.63) is 16.5 Å². The number of anilines is 1. The smallest absolute Gasteiger partial charge is 0.134 e. The highest BCUT2D eigenvalue weighted by atomic mass is 79.9. The number of hydrogen-bond acceptors (Lipinski definition) is 4. The molecule has 0 aliphatic carbocycles. The summed E-state index contributed by atoms with van der Waals surface area (Å²) in [5.41, 5.74) is 0. The van der Waals surface area contributed by atoms with Crippen LogP contribution in [0.2, 0.25) is 0 Å². The summed E-state index contributed by atoms with van der Waals surface area (Å²) in [4.78, 5) is 11.4. The minimum absolute atomic E-state index is 0.359. The SMILES string of the molecule is CC(C)c1nc(Br)cc(N(C)C2CCSC2)n1. The predicted molar refractivity (Wildman–Crippen MR) is 78.0 cm³/mol. The Morgan fingerprint density at radius 1 is 1.47 bits per heavy atom. The summed E-state index contributed by atoms with van der Waals surface area (Å²) in [7, 11) is 2.13. The number of rotatable bonds is 3. The van der Waals surface area contributed by atoms with Crippen molar-refractivity contribution in [2.45, 2.75) is 32.2 Å². The second-order valence-corrected chi connectivity index (χ2v) is 6.65. The van der Waals surface area contributed by atoms with Gasteiger partial charge in [-0.3, -0.25) is 0 Å². The maximum Gasteiger partial charge on any atom is 0.134 e. The Morgan fingerprint density at radius 2 is 2.24 bits per heavy atom. The van der Waals surface area contributed by atoms with Gasteiger partial charge in [0.05, 0.1) is 0 Å². The molecule has 1 aliphatic rings. The van der Waals surface area contributed by atoms with E-state index < -0.39 is 0 Å². The van der Waals surface area contributed by atoms with Gasteiger partial charge in [-0.15, -0.1) is 0 Å². The van der Waals surface area contributed by atoms with E-state index in [9.17, 15) is 0 Å². The molecule has 3 nitrogen and oxygen atoms in total. The molecule has 0 bridgehead atoms. The summed E-state index contributed by atoms with van der Waals surface area (Å²) in [6, 6.07) is 2.62. The van der Waals surface area contributed by atoms with E-state index in [1.54, 1.807) is 0 Å². The maximum absolute atomic E-state index is 4.65. The van der Waals surface area contributed by atoms with Crippen molar-refractivity contribution in [1.82, 2.24) is 9.97 Å². The largest absolute Gasteiger partial charge is 0.356 e. The van der Waals surface area contributed by atoms with Crippen molar-refractivity contribution in [3.8, 4) is 0 Å². The predicted octanol–water partition coefficient (Wildman–Crippen LogP) is 3.30. The molecule has 0 radical (unpaired) electrons. The zero-order chi connectivity index (χ0) is 12.4. The fourth-order valence-corrected chi connectivity index (χ4v) is 3.53. The summed E-state index contributed by atoms with van der Waals surface area (Å²) in [6.45, 7) is 4.24. The molecule has 2 rings (SSSR count). The van der Waals surface area contributed by atoms with Crippen LogP contribution in [0.4, 0.5) is 5.82 Å². The first-order valence-electron chi connectivity index (χ1n) is 5.93. The number of hydrogen-bond donors (Lipinski definition) is 0. The quantitative estimate of drug-likeness (QED) is 0.800. The molecule has 0 N–H and O–H groups in total. The van der Waals surface area contributed by atoms with E-state index in [2.05, 4.69) is 51.7 Å². The molecule has 17 heavy (non-hydrogen) atoms. The molecule has 0 amide bonds. The first-order valence-corrected chi connectivity index (χ1v) is 7.87. The fourth-order valence-electron chi connectivity index (χ4n) is 1.88. The zero-order valence-electron chi connectivity index (χ0n) is 10.5. The first kappa shape index (κ1) is 13.1. The van der Waals surface area contributed by atoms with Crippen LogP contribution in [0.25, 0.3) is 0 Å². The van der Waals surface area contributed by atoms with Crippen LogP contribution < -0.4 is 4.90 Å². The van der Waals surface area contributed by atoms with Gasteiger partial charge in [0.1, 0.15) is 16.2 Å². The Balaban J connectivity index is 2.24. The van der Waals surface area contributed by atoms with Gasteiger partial charge in [-0.2, -0.15) is 11.8 Å². The molecule has 94 valence electrons. The first-order chi connectivity index (χ1) is 8.08. The molecular formula is C12H18BrN3S. The summed E-state index contributed by atoms with van der Waals surface area (Å²) in [5.74, 6) is 4.76. The van der Waals surface area contributed by atoms with Crippen molar-refractivity contribution in [2.75, 3.05) is 23.5 Å². The fraction of sp³-hybridized carbons (Fsp3) is 0.667. The van der Waals surface area contributed by atoms with Gasteiger partial charge in [0.25, 0.3) is 0 Å². The van der Waals surface area contributed by atoms with E-state index in [1.807, 2.05) is 17.8 Å². The number of thioether (sulfide) groups is 1. The number of halogens is 1. The Morgan fingerprint density at radius 3 is 2.82 bits per heavy atom. The van der Waals surface area contributed by atoms with Crippen LogP contribution in [0.3, 0.4) is 0 Å². The van der Waals surface area contributed by atoms with Crippen LogP contribution in [0.1, 0.15) is 32.0 Å². The van der Waals surface area contributed by atoms with E-state index in [0.717, 1.165) is 16.2 Å². The highest BCUT2D eigenvalue weighted by Crippen LogP contribution is 2.26. The Labute approximate surface area is 116 Å². The lowest BCUT2D eigenvalue weighted by molar-refractivity contribution is 0.679. The van der Waals surface area contributed by atoms with E-state index >= 15 is 0 Å². The standard InChI is InChI=1S/C12H18BrN3S/c1-8(2)12-14-10(13)6-11(15-12)16(3)9-4-5-17-7-9/h6,8-9H,4-5,7H2,1-3H3. The van der Waals surface area contributed by atoms with Crippen LogP contribution in [0.15, 0.2) is 10.7 Å². The second kappa shape index (κ2) is 5.57. The minimum atomic E-state index is 0.359. The molecule has 1 aromatic rings. The third kappa shape index (κ3) is 3.13. The average Bonchev–Trinajstić information content (AvgIpc) is 2.80.